The number of aromatic nitrogens is 2. The predicted molar refractivity (Wildman–Crippen MR) is 113 cm³/mol. The average molecular weight is 406 g/mol. The molecule has 0 unspecified atom stereocenters. The predicted octanol–water partition coefficient (Wildman–Crippen LogP) is 3.33. The fourth-order valence-electron chi connectivity index (χ4n) is 2.98. The summed E-state index contributed by atoms with van der Waals surface area (Å²) >= 11 is 0. The van der Waals surface area contributed by atoms with Crippen molar-refractivity contribution in [1.82, 2.24) is 9.97 Å². The summed E-state index contributed by atoms with van der Waals surface area (Å²) < 4.78 is 9.73. The Hall–Kier alpha value is -3.94. The fourth-order valence-corrected chi connectivity index (χ4v) is 2.98. The van der Waals surface area contributed by atoms with Crippen molar-refractivity contribution in [2.24, 2.45) is 0 Å². The third kappa shape index (κ3) is 4.54. The van der Waals surface area contributed by atoms with Gasteiger partial charge in [-0.25, -0.2) is 19.6 Å². The Balaban J connectivity index is 1.95. The lowest BCUT2D eigenvalue weighted by Crippen LogP contribution is -2.26. The maximum absolute atomic E-state index is 12.5. The minimum Gasteiger partial charge on any atom is -0.465 e. The summed E-state index contributed by atoms with van der Waals surface area (Å²) in [6, 6.07) is 9.16. The van der Waals surface area contributed by atoms with Gasteiger partial charge < -0.3 is 19.7 Å². The number of nitrogens with one attached hydrogen (secondary N) is 1. The quantitative estimate of drug-likeness (QED) is 0.756. The zero-order valence-electron chi connectivity index (χ0n) is 17.2. The van der Waals surface area contributed by atoms with Crippen LogP contribution < -0.4 is 10.2 Å². The van der Waals surface area contributed by atoms with Crippen molar-refractivity contribution in [3.63, 3.8) is 0 Å². The highest BCUT2D eigenvalue weighted by Crippen LogP contribution is 2.28. The van der Waals surface area contributed by atoms with Crippen molar-refractivity contribution in [3.05, 3.63) is 77.4 Å². The molecular formula is C22H22N4O4. The van der Waals surface area contributed by atoms with Crippen molar-refractivity contribution in [2.75, 3.05) is 24.4 Å². The fraction of sp³-hybridized carbons (Fsp3) is 0.182. The van der Waals surface area contributed by atoms with Crippen LogP contribution in [0.15, 0.2) is 66.0 Å². The van der Waals surface area contributed by atoms with Gasteiger partial charge in [0.05, 0.1) is 19.8 Å². The summed E-state index contributed by atoms with van der Waals surface area (Å²) in [6.45, 7) is 3.81. The molecule has 1 aliphatic heterocycles. The Bertz CT molecular complexity index is 1040. The first kappa shape index (κ1) is 20.8. The molecule has 0 saturated carbocycles. The lowest BCUT2D eigenvalue weighted by molar-refractivity contribution is -0.139. The number of rotatable bonds is 5. The maximum Gasteiger partial charge on any atom is 0.355 e. The molecule has 1 aromatic heterocycles. The van der Waals surface area contributed by atoms with Crippen molar-refractivity contribution in [2.45, 2.75) is 13.8 Å². The van der Waals surface area contributed by atoms with E-state index in [1.54, 1.807) is 35.4 Å². The van der Waals surface area contributed by atoms with E-state index >= 15 is 0 Å². The smallest absolute Gasteiger partial charge is 0.355 e. The normalized spacial score (nSPS) is 13.1. The van der Waals surface area contributed by atoms with E-state index < -0.39 is 11.9 Å². The summed E-state index contributed by atoms with van der Waals surface area (Å²) in [4.78, 5) is 35.0. The molecule has 1 aliphatic rings. The van der Waals surface area contributed by atoms with Crippen LogP contribution in [0.25, 0.3) is 0 Å². The molecule has 1 aromatic carbocycles. The Kier molecular flexibility index (Phi) is 6.26. The summed E-state index contributed by atoms with van der Waals surface area (Å²) in [5.74, 6) is -0.787. The minimum atomic E-state index is -0.655. The van der Waals surface area contributed by atoms with Gasteiger partial charge in [0.15, 0.2) is 0 Å². The number of aryl methyl sites for hydroxylation is 2. The van der Waals surface area contributed by atoms with E-state index in [0.29, 0.717) is 11.6 Å². The van der Waals surface area contributed by atoms with Gasteiger partial charge in [-0.3, -0.25) is 0 Å². The SMILES string of the molecule is COC(=O)C1=C(C(=O)OC)N(c2ccc(Nc3nc(C)cc(C)n3)cc2)C=CC=C1. The number of anilines is 3. The number of allylic oxidation sites excluding steroid dienone is 2. The number of hydrogen-bond donors (Lipinski definition) is 1. The van der Waals surface area contributed by atoms with E-state index in [0.717, 1.165) is 17.1 Å². The lowest BCUT2D eigenvalue weighted by Gasteiger charge is -2.23. The second-order valence-electron chi connectivity index (χ2n) is 6.46. The van der Waals surface area contributed by atoms with Gasteiger partial charge in [0, 0.05) is 29.0 Å². The van der Waals surface area contributed by atoms with Crippen LogP contribution in [0.4, 0.5) is 17.3 Å². The lowest BCUT2D eigenvalue weighted by atomic mass is 10.1. The summed E-state index contributed by atoms with van der Waals surface area (Å²) in [7, 11) is 2.52. The molecule has 0 fully saturated rings. The molecule has 1 N–H and O–H groups in total. The number of carbonyl (C=O) groups excluding carboxylic acids is 2. The molecule has 2 aromatic rings. The van der Waals surface area contributed by atoms with Gasteiger partial charge in [-0.1, -0.05) is 6.08 Å². The van der Waals surface area contributed by atoms with Crippen molar-refractivity contribution >= 4 is 29.3 Å². The number of carbonyl (C=O) groups is 2. The molecule has 8 nitrogen and oxygen atoms in total. The molecule has 0 bridgehead atoms. The third-order valence-corrected chi connectivity index (χ3v) is 4.27. The van der Waals surface area contributed by atoms with Crippen LogP contribution in [0.2, 0.25) is 0 Å². The van der Waals surface area contributed by atoms with E-state index in [1.165, 1.54) is 20.3 Å². The van der Waals surface area contributed by atoms with E-state index in [4.69, 9.17) is 9.47 Å². The first-order valence-electron chi connectivity index (χ1n) is 9.17. The van der Waals surface area contributed by atoms with E-state index in [9.17, 15) is 9.59 Å². The van der Waals surface area contributed by atoms with Gasteiger partial charge in [0.25, 0.3) is 0 Å². The first-order valence-corrected chi connectivity index (χ1v) is 9.17. The van der Waals surface area contributed by atoms with Gasteiger partial charge in [-0.05, 0) is 56.3 Å². The first-order chi connectivity index (χ1) is 14.4. The molecule has 8 heteroatoms. The molecule has 0 saturated heterocycles. The van der Waals surface area contributed by atoms with Gasteiger partial charge >= 0.3 is 11.9 Å². The third-order valence-electron chi connectivity index (χ3n) is 4.27. The van der Waals surface area contributed by atoms with Gasteiger partial charge in [0.2, 0.25) is 5.95 Å². The van der Waals surface area contributed by atoms with Crippen LogP contribution in [0.3, 0.4) is 0 Å². The van der Waals surface area contributed by atoms with E-state index in [-0.39, 0.29) is 11.3 Å². The largest absolute Gasteiger partial charge is 0.465 e. The molecule has 3 rings (SSSR count). The topological polar surface area (TPSA) is 93.7 Å². The highest BCUT2D eigenvalue weighted by molar-refractivity contribution is 6.05. The molecule has 30 heavy (non-hydrogen) atoms. The Morgan fingerprint density at radius 1 is 0.933 bits per heavy atom. The minimum absolute atomic E-state index is 0.0627. The van der Waals surface area contributed by atoms with Crippen LogP contribution in [-0.2, 0) is 19.1 Å². The Morgan fingerprint density at radius 2 is 1.57 bits per heavy atom. The standard InChI is InChI=1S/C22H22N4O4/c1-14-13-15(2)24-22(23-14)25-16-8-10-17(11-9-16)26-12-6-5-7-18(20(27)29-3)19(26)21(28)30-4/h5-13H,1-4H3,(H,23,24,25). The molecule has 0 atom stereocenters. The van der Waals surface area contributed by atoms with Crippen molar-refractivity contribution < 1.29 is 19.1 Å². The molecule has 0 spiro atoms. The summed E-state index contributed by atoms with van der Waals surface area (Å²) in [5, 5.41) is 3.16. The number of ether oxygens (including phenoxy) is 2. The average Bonchev–Trinajstić information content (AvgIpc) is 2.95. The number of esters is 2. The number of hydrogen-bond acceptors (Lipinski definition) is 8. The van der Waals surface area contributed by atoms with Crippen LogP contribution >= 0.6 is 0 Å². The highest BCUT2D eigenvalue weighted by Gasteiger charge is 2.27. The zero-order chi connectivity index (χ0) is 21.7. The summed E-state index contributed by atoms with van der Waals surface area (Å²) in [6.07, 6.45) is 6.56. The Morgan fingerprint density at radius 3 is 2.17 bits per heavy atom. The second kappa shape index (κ2) is 9.04. The molecular weight excluding hydrogens is 384 g/mol. The van der Waals surface area contributed by atoms with Gasteiger partial charge in [-0.2, -0.15) is 0 Å². The summed E-state index contributed by atoms with van der Waals surface area (Å²) in [5.41, 5.74) is 3.33. The van der Waals surface area contributed by atoms with Gasteiger partial charge in [-0.15, -0.1) is 0 Å². The maximum atomic E-state index is 12.5. The Labute approximate surface area is 174 Å². The molecule has 0 aliphatic carbocycles. The van der Waals surface area contributed by atoms with E-state index in [1.807, 2.05) is 32.0 Å². The molecule has 154 valence electrons. The van der Waals surface area contributed by atoms with E-state index in [2.05, 4.69) is 15.3 Å². The zero-order valence-corrected chi connectivity index (χ0v) is 17.2. The molecule has 2 heterocycles. The van der Waals surface area contributed by atoms with Crippen molar-refractivity contribution in [3.8, 4) is 0 Å². The number of nitrogens with zero attached hydrogens (tertiary/aromatic N) is 3. The van der Waals surface area contributed by atoms with Gasteiger partial charge in [0.1, 0.15) is 5.70 Å². The number of methoxy groups -OCH3 is 2. The number of benzene rings is 1. The second-order valence-corrected chi connectivity index (χ2v) is 6.46. The monoisotopic (exact) mass is 406 g/mol. The van der Waals surface area contributed by atoms with Crippen LogP contribution in [0.1, 0.15) is 11.4 Å². The molecule has 0 radical (unpaired) electrons. The molecule has 0 amide bonds. The van der Waals surface area contributed by atoms with Crippen molar-refractivity contribution in [1.29, 1.82) is 0 Å². The van der Waals surface area contributed by atoms with Crippen LogP contribution in [0.5, 0.6) is 0 Å². The van der Waals surface area contributed by atoms with Crippen LogP contribution in [0, 0.1) is 13.8 Å². The van der Waals surface area contributed by atoms with Crippen LogP contribution in [-0.4, -0.2) is 36.1 Å². The highest BCUT2D eigenvalue weighted by atomic mass is 16.5.